The van der Waals surface area contributed by atoms with E-state index < -0.39 is 18.4 Å². The number of carbonyl (C=O) groups is 1. The van der Waals surface area contributed by atoms with Crippen LogP contribution in [0.25, 0.3) is 0 Å². The van der Waals surface area contributed by atoms with E-state index in [0.717, 1.165) is 11.1 Å². The lowest BCUT2D eigenvalue weighted by molar-refractivity contribution is -0.177. The Bertz CT molecular complexity index is 483. The molecule has 0 aliphatic heterocycles. The highest BCUT2D eigenvalue weighted by Crippen LogP contribution is 2.26. The quantitative estimate of drug-likeness (QED) is 0.646. The molecule has 0 aromatic heterocycles. The maximum atomic E-state index is 11.4. The van der Waals surface area contributed by atoms with Crippen molar-refractivity contribution < 1.29 is 19.7 Å². The summed E-state index contributed by atoms with van der Waals surface area (Å²) >= 11 is 0. The topological polar surface area (TPSA) is 66.8 Å². The van der Waals surface area contributed by atoms with Crippen molar-refractivity contribution in [2.45, 2.75) is 12.4 Å². The van der Waals surface area contributed by atoms with E-state index in [-0.39, 0.29) is 0 Å². The number of benzene rings is 2. The molecule has 0 aliphatic carbocycles. The Hall–Kier alpha value is -2.17. The minimum atomic E-state index is -2.13. The van der Waals surface area contributed by atoms with Gasteiger partial charge in [0, 0.05) is 0 Å². The molecular formula is C15H14O4. The zero-order valence-corrected chi connectivity index (χ0v) is 10.1. The highest BCUT2D eigenvalue weighted by Gasteiger charge is 2.22. The number of ether oxygens (including phenoxy) is 1. The number of aliphatic hydroxyl groups excluding tert-OH is 1. The summed E-state index contributed by atoms with van der Waals surface area (Å²) in [6, 6.07) is 18.3. The zero-order chi connectivity index (χ0) is 13.7. The van der Waals surface area contributed by atoms with Crippen LogP contribution >= 0.6 is 0 Å². The first-order chi connectivity index (χ1) is 9.18. The molecule has 0 atom stereocenters. The molecule has 0 saturated heterocycles. The molecule has 0 radical (unpaired) electrons. The van der Waals surface area contributed by atoms with E-state index in [2.05, 4.69) is 0 Å². The predicted molar refractivity (Wildman–Crippen MR) is 69.0 cm³/mol. The van der Waals surface area contributed by atoms with Crippen molar-refractivity contribution in [3.8, 4) is 0 Å². The molecule has 0 bridgehead atoms. The Balaban J connectivity index is 2.32. The van der Waals surface area contributed by atoms with Gasteiger partial charge in [0.15, 0.2) is 6.10 Å². The lowest BCUT2D eigenvalue weighted by Crippen LogP contribution is -2.24. The van der Waals surface area contributed by atoms with Crippen LogP contribution in [0.2, 0.25) is 0 Å². The van der Waals surface area contributed by atoms with Crippen molar-refractivity contribution in [1.82, 2.24) is 0 Å². The van der Waals surface area contributed by atoms with Crippen LogP contribution in [0.4, 0.5) is 0 Å². The molecule has 0 spiro atoms. The van der Waals surface area contributed by atoms with Crippen LogP contribution < -0.4 is 0 Å². The van der Waals surface area contributed by atoms with E-state index in [1.807, 2.05) is 60.7 Å². The highest BCUT2D eigenvalue weighted by molar-refractivity contribution is 5.73. The molecule has 19 heavy (non-hydrogen) atoms. The van der Waals surface area contributed by atoms with E-state index in [1.54, 1.807) is 0 Å². The third-order valence-corrected chi connectivity index (χ3v) is 2.65. The molecule has 0 saturated carbocycles. The van der Waals surface area contributed by atoms with Crippen LogP contribution in [0.15, 0.2) is 60.7 Å². The number of aliphatic hydroxyl groups is 2. The Labute approximate surface area is 110 Å². The van der Waals surface area contributed by atoms with Gasteiger partial charge in [0.2, 0.25) is 0 Å². The average molecular weight is 258 g/mol. The normalized spacial score (nSPS) is 10.7. The molecule has 98 valence electrons. The second-order valence-corrected chi connectivity index (χ2v) is 4.01. The Morgan fingerprint density at radius 1 is 0.842 bits per heavy atom. The molecule has 0 fully saturated rings. The Morgan fingerprint density at radius 2 is 1.26 bits per heavy atom. The fraction of sp³-hybridized carbons (Fsp3) is 0.133. The molecule has 0 heterocycles. The maximum Gasteiger partial charge on any atom is 0.364 e. The number of hydrogen-bond acceptors (Lipinski definition) is 4. The summed E-state index contributed by atoms with van der Waals surface area (Å²) in [7, 11) is 0. The third kappa shape index (κ3) is 3.40. The molecule has 0 aliphatic rings. The molecule has 2 aromatic rings. The first-order valence-electron chi connectivity index (χ1n) is 5.85. The van der Waals surface area contributed by atoms with Crippen molar-refractivity contribution >= 4 is 5.97 Å². The summed E-state index contributed by atoms with van der Waals surface area (Å²) in [5.41, 5.74) is 1.53. The van der Waals surface area contributed by atoms with Gasteiger partial charge in [0.1, 0.15) is 0 Å². The van der Waals surface area contributed by atoms with Gasteiger partial charge in [0.25, 0.3) is 6.29 Å². The summed E-state index contributed by atoms with van der Waals surface area (Å²) in [4.78, 5) is 11.4. The molecule has 4 nitrogen and oxygen atoms in total. The fourth-order valence-electron chi connectivity index (χ4n) is 1.76. The van der Waals surface area contributed by atoms with Crippen molar-refractivity contribution in [2.24, 2.45) is 0 Å². The summed E-state index contributed by atoms with van der Waals surface area (Å²) in [6.45, 7) is 0. The molecule has 0 amide bonds. The lowest BCUT2D eigenvalue weighted by Gasteiger charge is -2.19. The van der Waals surface area contributed by atoms with Crippen molar-refractivity contribution in [3.05, 3.63) is 71.8 Å². The fourth-order valence-corrected chi connectivity index (χ4v) is 1.76. The van der Waals surface area contributed by atoms with Gasteiger partial charge < -0.3 is 14.9 Å². The van der Waals surface area contributed by atoms with Gasteiger partial charge in [-0.1, -0.05) is 60.7 Å². The van der Waals surface area contributed by atoms with Crippen LogP contribution in [0.3, 0.4) is 0 Å². The van der Waals surface area contributed by atoms with E-state index in [1.165, 1.54) is 0 Å². The van der Waals surface area contributed by atoms with E-state index in [4.69, 9.17) is 14.9 Å². The monoisotopic (exact) mass is 258 g/mol. The SMILES string of the molecule is O=C(OC(c1ccccc1)c1ccccc1)C(O)O. The minimum Gasteiger partial charge on any atom is -0.449 e. The van der Waals surface area contributed by atoms with E-state index >= 15 is 0 Å². The van der Waals surface area contributed by atoms with Crippen LogP contribution in [0, 0.1) is 0 Å². The average Bonchev–Trinajstić information content (AvgIpc) is 2.46. The summed E-state index contributed by atoms with van der Waals surface area (Å²) < 4.78 is 5.15. The number of esters is 1. The van der Waals surface area contributed by atoms with Crippen LogP contribution in [-0.4, -0.2) is 22.5 Å². The maximum absolute atomic E-state index is 11.4. The second-order valence-electron chi connectivity index (χ2n) is 4.01. The minimum absolute atomic E-state index is 0.656. The van der Waals surface area contributed by atoms with Gasteiger partial charge in [-0.15, -0.1) is 0 Å². The van der Waals surface area contributed by atoms with Gasteiger partial charge in [-0.25, -0.2) is 4.79 Å². The summed E-state index contributed by atoms with van der Waals surface area (Å²) in [5.74, 6) is -1.07. The number of carbonyl (C=O) groups excluding carboxylic acids is 1. The van der Waals surface area contributed by atoms with Crippen molar-refractivity contribution in [3.63, 3.8) is 0 Å². The van der Waals surface area contributed by atoms with Gasteiger partial charge in [-0.2, -0.15) is 0 Å². The number of hydrogen-bond donors (Lipinski definition) is 2. The third-order valence-electron chi connectivity index (χ3n) is 2.65. The molecule has 0 unspecified atom stereocenters. The Morgan fingerprint density at radius 3 is 1.63 bits per heavy atom. The molecular weight excluding hydrogens is 244 g/mol. The van der Waals surface area contributed by atoms with E-state index in [9.17, 15) is 4.79 Å². The van der Waals surface area contributed by atoms with Crippen LogP contribution in [-0.2, 0) is 9.53 Å². The largest absolute Gasteiger partial charge is 0.449 e. The number of rotatable bonds is 4. The van der Waals surface area contributed by atoms with Gasteiger partial charge in [-0.05, 0) is 11.1 Å². The van der Waals surface area contributed by atoms with Crippen molar-refractivity contribution in [1.29, 1.82) is 0 Å². The predicted octanol–water partition coefficient (Wildman–Crippen LogP) is 1.63. The van der Waals surface area contributed by atoms with Gasteiger partial charge in [-0.3, -0.25) is 0 Å². The van der Waals surface area contributed by atoms with Gasteiger partial charge in [0.05, 0.1) is 0 Å². The molecule has 2 N–H and O–H groups in total. The standard InChI is InChI=1S/C15H14O4/c16-14(17)15(18)19-13(11-7-3-1-4-8-11)12-9-5-2-6-10-12/h1-10,13-14,16-17H. The van der Waals surface area contributed by atoms with Crippen LogP contribution in [0.1, 0.15) is 17.2 Å². The lowest BCUT2D eigenvalue weighted by atomic mass is 10.0. The first-order valence-corrected chi connectivity index (χ1v) is 5.85. The van der Waals surface area contributed by atoms with Crippen LogP contribution in [0.5, 0.6) is 0 Å². The molecule has 4 heteroatoms. The summed E-state index contributed by atoms with van der Waals surface area (Å²) in [6.07, 6.45) is -2.79. The zero-order valence-electron chi connectivity index (χ0n) is 10.1. The van der Waals surface area contributed by atoms with Gasteiger partial charge >= 0.3 is 5.97 Å². The van der Waals surface area contributed by atoms with Crippen molar-refractivity contribution in [2.75, 3.05) is 0 Å². The molecule has 2 rings (SSSR count). The highest BCUT2D eigenvalue weighted by atomic mass is 16.6. The summed E-state index contributed by atoms with van der Waals surface area (Å²) in [5, 5.41) is 17.7. The van der Waals surface area contributed by atoms with E-state index in [0.29, 0.717) is 0 Å². The first kappa shape index (κ1) is 13.3. The smallest absolute Gasteiger partial charge is 0.364 e. The Kier molecular flexibility index (Phi) is 4.28. The molecule has 2 aromatic carbocycles. The second kappa shape index (κ2) is 6.13.